The van der Waals surface area contributed by atoms with Gasteiger partial charge in [-0.3, -0.25) is 0 Å². The fourth-order valence-electron chi connectivity index (χ4n) is 3.27. The largest absolute Gasteiger partial charge is 0.493 e. The molecule has 0 saturated heterocycles. The van der Waals surface area contributed by atoms with Gasteiger partial charge in [0.25, 0.3) is 0 Å². The molecule has 1 aromatic rings. The smallest absolute Gasteiger partial charge is 0.124 e. The van der Waals surface area contributed by atoms with E-state index >= 15 is 0 Å². The number of ether oxygens (including phenoxy) is 1. The molecule has 0 amide bonds. The molecular formula is C17H27NO. The number of benzene rings is 1. The molecule has 0 radical (unpaired) electrons. The predicted octanol–water partition coefficient (Wildman–Crippen LogP) is 4.18. The second-order valence-electron chi connectivity index (χ2n) is 7.62. The van der Waals surface area contributed by atoms with Crippen molar-refractivity contribution < 1.29 is 4.74 Å². The Morgan fingerprint density at radius 1 is 1.21 bits per heavy atom. The van der Waals surface area contributed by atoms with Gasteiger partial charge in [0.05, 0.1) is 6.61 Å². The van der Waals surface area contributed by atoms with Crippen molar-refractivity contribution in [3.8, 4) is 5.75 Å². The lowest BCUT2D eigenvalue weighted by molar-refractivity contribution is 0.266. The van der Waals surface area contributed by atoms with Crippen molar-refractivity contribution in [2.24, 2.45) is 11.1 Å². The van der Waals surface area contributed by atoms with Crippen molar-refractivity contribution in [3.63, 3.8) is 0 Å². The second kappa shape index (κ2) is 4.82. The molecule has 0 aliphatic carbocycles. The second-order valence-corrected chi connectivity index (χ2v) is 7.62. The van der Waals surface area contributed by atoms with E-state index in [1.165, 1.54) is 11.1 Å². The molecule has 0 spiro atoms. The maximum atomic E-state index is 6.21. The molecule has 2 nitrogen and oxygen atoms in total. The zero-order valence-electron chi connectivity index (χ0n) is 12.9. The standard InChI is InChI=1S/C17H27NO/c1-16(2,3)11-17(4,5)12-6-7-15-13(10-12)14(18)8-9-19-15/h6-7,10,14H,8-9,11,18H2,1-5H3/t14-/m1/s1. The number of nitrogens with two attached hydrogens (primary N) is 1. The molecule has 1 aromatic carbocycles. The summed E-state index contributed by atoms with van der Waals surface area (Å²) in [5.41, 5.74) is 9.22. The van der Waals surface area contributed by atoms with E-state index in [0.717, 1.165) is 25.2 Å². The van der Waals surface area contributed by atoms with E-state index in [-0.39, 0.29) is 11.5 Å². The highest BCUT2D eigenvalue weighted by molar-refractivity contribution is 5.42. The molecule has 2 heteroatoms. The van der Waals surface area contributed by atoms with Crippen molar-refractivity contribution >= 4 is 0 Å². The van der Waals surface area contributed by atoms with Crippen LogP contribution in [0.3, 0.4) is 0 Å². The molecule has 1 atom stereocenters. The fraction of sp³-hybridized carbons (Fsp3) is 0.647. The summed E-state index contributed by atoms with van der Waals surface area (Å²) in [6.07, 6.45) is 2.06. The van der Waals surface area contributed by atoms with Crippen LogP contribution in [0.4, 0.5) is 0 Å². The van der Waals surface area contributed by atoms with Gasteiger partial charge in [0.1, 0.15) is 5.75 Å². The third kappa shape index (κ3) is 3.30. The van der Waals surface area contributed by atoms with Crippen LogP contribution in [0.5, 0.6) is 5.75 Å². The summed E-state index contributed by atoms with van der Waals surface area (Å²) in [5, 5.41) is 0. The van der Waals surface area contributed by atoms with Gasteiger partial charge in [-0.05, 0) is 34.9 Å². The molecule has 0 fully saturated rings. The van der Waals surface area contributed by atoms with Gasteiger partial charge in [0.15, 0.2) is 0 Å². The molecule has 0 unspecified atom stereocenters. The number of hydrogen-bond donors (Lipinski definition) is 1. The van der Waals surface area contributed by atoms with Crippen molar-refractivity contribution in [2.45, 2.75) is 58.9 Å². The third-order valence-electron chi connectivity index (χ3n) is 3.85. The fourth-order valence-corrected chi connectivity index (χ4v) is 3.27. The molecule has 2 rings (SSSR count). The minimum Gasteiger partial charge on any atom is -0.493 e. The van der Waals surface area contributed by atoms with Crippen LogP contribution >= 0.6 is 0 Å². The Morgan fingerprint density at radius 3 is 2.53 bits per heavy atom. The monoisotopic (exact) mass is 261 g/mol. The van der Waals surface area contributed by atoms with Crippen LogP contribution in [0.1, 0.15) is 64.6 Å². The summed E-state index contributed by atoms with van der Waals surface area (Å²) in [4.78, 5) is 0. The quantitative estimate of drug-likeness (QED) is 0.866. The summed E-state index contributed by atoms with van der Waals surface area (Å²) < 4.78 is 5.68. The first-order chi connectivity index (χ1) is 8.69. The van der Waals surface area contributed by atoms with Crippen LogP contribution in [0.2, 0.25) is 0 Å². The summed E-state index contributed by atoms with van der Waals surface area (Å²) in [5.74, 6) is 0.967. The Bertz CT molecular complexity index is 457. The van der Waals surface area contributed by atoms with E-state index in [0.29, 0.717) is 5.41 Å². The van der Waals surface area contributed by atoms with E-state index in [1.54, 1.807) is 0 Å². The number of rotatable bonds is 2. The molecule has 0 bridgehead atoms. The minimum atomic E-state index is 0.120. The van der Waals surface area contributed by atoms with E-state index in [4.69, 9.17) is 10.5 Å². The maximum Gasteiger partial charge on any atom is 0.124 e. The summed E-state index contributed by atoms with van der Waals surface area (Å²) in [6, 6.07) is 6.66. The SMILES string of the molecule is CC(C)(C)CC(C)(C)c1ccc2c(c1)[C@H](N)CCO2. The van der Waals surface area contributed by atoms with Crippen LogP contribution in [-0.2, 0) is 5.41 Å². The van der Waals surface area contributed by atoms with Gasteiger partial charge in [0, 0.05) is 18.0 Å². The van der Waals surface area contributed by atoms with E-state index in [2.05, 4.69) is 52.8 Å². The van der Waals surface area contributed by atoms with Crippen LogP contribution in [0.25, 0.3) is 0 Å². The van der Waals surface area contributed by atoms with Crippen molar-refractivity contribution in [1.29, 1.82) is 0 Å². The van der Waals surface area contributed by atoms with Gasteiger partial charge in [-0.2, -0.15) is 0 Å². The highest BCUT2D eigenvalue weighted by atomic mass is 16.5. The van der Waals surface area contributed by atoms with Gasteiger partial charge in [-0.1, -0.05) is 40.7 Å². The van der Waals surface area contributed by atoms with Crippen LogP contribution < -0.4 is 10.5 Å². The summed E-state index contributed by atoms with van der Waals surface area (Å²) >= 11 is 0. The molecule has 2 N–H and O–H groups in total. The molecule has 1 heterocycles. The molecule has 1 aliphatic rings. The molecule has 1 aliphatic heterocycles. The normalized spacial score (nSPS) is 19.8. The first kappa shape index (κ1) is 14.4. The number of hydrogen-bond acceptors (Lipinski definition) is 2. The molecule has 0 saturated carbocycles. The van der Waals surface area contributed by atoms with E-state index in [9.17, 15) is 0 Å². The van der Waals surface area contributed by atoms with Gasteiger partial charge >= 0.3 is 0 Å². The highest BCUT2D eigenvalue weighted by Crippen LogP contribution is 2.39. The van der Waals surface area contributed by atoms with Crippen molar-refractivity contribution in [3.05, 3.63) is 29.3 Å². The molecule has 19 heavy (non-hydrogen) atoms. The average Bonchev–Trinajstić information content (AvgIpc) is 2.26. The first-order valence-corrected chi connectivity index (χ1v) is 7.22. The van der Waals surface area contributed by atoms with E-state index < -0.39 is 0 Å². The zero-order valence-corrected chi connectivity index (χ0v) is 12.9. The Labute approximate surface area is 117 Å². The van der Waals surface area contributed by atoms with Gasteiger partial charge in [-0.25, -0.2) is 0 Å². The minimum absolute atomic E-state index is 0.120. The highest BCUT2D eigenvalue weighted by Gasteiger charge is 2.29. The predicted molar refractivity (Wildman–Crippen MR) is 80.6 cm³/mol. The lowest BCUT2D eigenvalue weighted by atomic mass is 9.72. The lowest BCUT2D eigenvalue weighted by Gasteiger charge is -2.34. The lowest BCUT2D eigenvalue weighted by Crippen LogP contribution is -2.26. The van der Waals surface area contributed by atoms with Gasteiger partial charge < -0.3 is 10.5 Å². The Kier molecular flexibility index (Phi) is 3.65. The molecular weight excluding hydrogens is 234 g/mol. The maximum absolute atomic E-state index is 6.21. The van der Waals surface area contributed by atoms with Crippen molar-refractivity contribution in [2.75, 3.05) is 6.61 Å². The summed E-state index contributed by atoms with van der Waals surface area (Å²) in [7, 11) is 0. The Hall–Kier alpha value is -1.02. The first-order valence-electron chi connectivity index (χ1n) is 7.22. The summed E-state index contributed by atoms with van der Waals surface area (Å²) in [6.45, 7) is 12.2. The van der Waals surface area contributed by atoms with Crippen LogP contribution in [0.15, 0.2) is 18.2 Å². The van der Waals surface area contributed by atoms with E-state index in [1.807, 2.05) is 0 Å². The topological polar surface area (TPSA) is 35.2 Å². The molecule has 0 aromatic heterocycles. The number of fused-ring (bicyclic) bond motifs is 1. The Balaban J connectivity index is 2.33. The van der Waals surface area contributed by atoms with Gasteiger partial charge in [0.2, 0.25) is 0 Å². The van der Waals surface area contributed by atoms with Crippen molar-refractivity contribution in [1.82, 2.24) is 0 Å². The van der Waals surface area contributed by atoms with Crippen LogP contribution in [-0.4, -0.2) is 6.61 Å². The Morgan fingerprint density at radius 2 is 1.89 bits per heavy atom. The van der Waals surface area contributed by atoms with Gasteiger partial charge in [-0.15, -0.1) is 0 Å². The average molecular weight is 261 g/mol. The third-order valence-corrected chi connectivity index (χ3v) is 3.85. The molecule has 106 valence electrons. The van der Waals surface area contributed by atoms with Crippen LogP contribution in [0, 0.1) is 5.41 Å². The zero-order chi connectivity index (χ0) is 14.3.